The number of hydrogen-bond donors (Lipinski definition) is 0. The molecule has 1 fully saturated rings. The Morgan fingerprint density at radius 1 is 0.758 bits per heavy atom. The summed E-state index contributed by atoms with van der Waals surface area (Å²) < 4.78 is 81.9. The van der Waals surface area contributed by atoms with E-state index in [4.69, 9.17) is 20.6 Å². The molecule has 3 aliphatic heterocycles. The second kappa shape index (κ2) is 9.75. The molecule has 0 bridgehead atoms. The van der Waals surface area contributed by atoms with Crippen LogP contribution in [0.3, 0.4) is 0 Å². The predicted molar refractivity (Wildman–Crippen MR) is 113 cm³/mol. The van der Waals surface area contributed by atoms with Gasteiger partial charge < -0.3 is 28.4 Å². The second-order valence-corrected chi connectivity index (χ2v) is 8.45. The van der Waals surface area contributed by atoms with Gasteiger partial charge in [0.15, 0.2) is 0 Å². The largest absolute Gasteiger partial charge is 0.458 e. The number of ether oxygens (including phenoxy) is 6. The van der Waals surface area contributed by atoms with Crippen LogP contribution in [-0.4, -0.2) is 35.8 Å². The summed E-state index contributed by atoms with van der Waals surface area (Å²) in [5.74, 6) is -6.41. The van der Waals surface area contributed by atoms with Gasteiger partial charge in [-0.3, -0.25) is 0 Å². The molecule has 4 unspecified atom stereocenters. The van der Waals surface area contributed by atoms with E-state index in [0.29, 0.717) is 5.76 Å². The first-order chi connectivity index (χ1) is 14.8. The summed E-state index contributed by atoms with van der Waals surface area (Å²) in [7, 11) is 0. The Morgan fingerprint density at radius 3 is 1.55 bits per heavy atom. The van der Waals surface area contributed by atoms with Gasteiger partial charge in [0.2, 0.25) is 5.79 Å². The molecule has 3 rings (SSSR count). The highest BCUT2D eigenvalue weighted by Gasteiger charge is 2.57. The molecule has 0 aromatic heterocycles. The van der Waals surface area contributed by atoms with Gasteiger partial charge in [0.25, 0.3) is 11.8 Å². The van der Waals surface area contributed by atoms with Crippen LogP contribution in [0, 0.1) is 12.3 Å². The van der Waals surface area contributed by atoms with Crippen molar-refractivity contribution in [2.45, 2.75) is 91.5 Å². The standard InChI is InChI=1S/C8H12F2O2.C8H8F2O2.C7H12O2/c1-6-4-5-11-7(2,9)8(3,10)12-6;1-4-5-6-11-7(2,9)8(3,10)12-6;1-5-6(2)9-7(3,4)8-5/h4H,5H2,1-3H3;1,5H,2-3H3;1-4H3. The summed E-state index contributed by atoms with van der Waals surface area (Å²) in [5, 5.41) is 0. The molecular weight excluding hydrogens is 448 g/mol. The van der Waals surface area contributed by atoms with Crippen molar-refractivity contribution < 1.29 is 46.0 Å². The van der Waals surface area contributed by atoms with E-state index >= 15 is 0 Å². The molecule has 0 aromatic rings. The first-order valence-corrected chi connectivity index (χ1v) is 10.1. The normalized spacial score (nSPS) is 36.5. The van der Waals surface area contributed by atoms with E-state index in [-0.39, 0.29) is 12.6 Å². The molecular formula is C23H32F4O6. The number of alkyl halides is 4. The highest BCUT2D eigenvalue weighted by molar-refractivity contribution is 5.13. The Bertz CT molecular complexity index is 814. The lowest BCUT2D eigenvalue weighted by Crippen LogP contribution is -2.45. The van der Waals surface area contributed by atoms with Crippen LogP contribution in [-0.2, 0) is 28.4 Å². The average Bonchev–Trinajstić information content (AvgIpc) is 2.91. The van der Waals surface area contributed by atoms with E-state index in [9.17, 15) is 17.6 Å². The molecule has 0 N–H and O–H groups in total. The first kappa shape index (κ1) is 28.5. The van der Waals surface area contributed by atoms with E-state index in [1.54, 1.807) is 6.92 Å². The Labute approximate surface area is 192 Å². The summed E-state index contributed by atoms with van der Waals surface area (Å²) >= 11 is 0. The Kier molecular flexibility index (Phi) is 8.42. The van der Waals surface area contributed by atoms with Gasteiger partial charge >= 0.3 is 17.6 Å². The number of halogens is 4. The maximum atomic E-state index is 13.4. The molecule has 0 radical (unpaired) electrons. The summed E-state index contributed by atoms with van der Waals surface area (Å²) in [5.41, 5.74) is 0. The van der Waals surface area contributed by atoms with Crippen molar-refractivity contribution in [2.24, 2.45) is 0 Å². The second-order valence-electron chi connectivity index (χ2n) is 8.45. The van der Waals surface area contributed by atoms with Gasteiger partial charge in [-0.2, -0.15) is 13.2 Å². The van der Waals surface area contributed by atoms with Crippen LogP contribution in [0.4, 0.5) is 17.6 Å². The maximum Gasteiger partial charge on any atom is 0.317 e. The van der Waals surface area contributed by atoms with Crippen molar-refractivity contribution in [3.63, 3.8) is 0 Å². The minimum atomic E-state index is -2.49. The summed E-state index contributed by atoms with van der Waals surface area (Å²) in [6, 6.07) is 0. The summed E-state index contributed by atoms with van der Waals surface area (Å²) in [6.45, 7) is 13.1. The zero-order chi connectivity index (χ0) is 25.9. The molecule has 6 nitrogen and oxygen atoms in total. The van der Waals surface area contributed by atoms with Crippen LogP contribution in [0.1, 0.15) is 62.3 Å². The number of terminal acetylenes is 1. The van der Waals surface area contributed by atoms with Crippen LogP contribution >= 0.6 is 0 Å². The smallest absolute Gasteiger partial charge is 0.317 e. The van der Waals surface area contributed by atoms with Gasteiger partial charge in [-0.1, -0.05) is 5.92 Å². The molecule has 188 valence electrons. The van der Waals surface area contributed by atoms with Crippen LogP contribution in [0.5, 0.6) is 0 Å². The maximum absolute atomic E-state index is 13.4. The third kappa shape index (κ3) is 7.49. The van der Waals surface area contributed by atoms with Gasteiger partial charge in [0.1, 0.15) is 11.5 Å². The summed E-state index contributed by atoms with van der Waals surface area (Å²) in [6.07, 6.45) is 7.36. The number of hydrogen-bond acceptors (Lipinski definition) is 6. The topological polar surface area (TPSA) is 55.4 Å². The van der Waals surface area contributed by atoms with Crippen molar-refractivity contribution in [1.29, 1.82) is 0 Å². The van der Waals surface area contributed by atoms with E-state index < -0.39 is 29.2 Å². The fraction of sp³-hybridized carbons (Fsp3) is 0.652. The number of allylic oxidation sites excluding steroid dienone is 4. The third-order valence-corrected chi connectivity index (χ3v) is 4.75. The molecule has 10 heteroatoms. The van der Waals surface area contributed by atoms with E-state index in [2.05, 4.69) is 14.2 Å². The van der Waals surface area contributed by atoms with E-state index in [1.165, 1.54) is 6.08 Å². The van der Waals surface area contributed by atoms with Gasteiger partial charge in [-0.25, -0.2) is 4.39 Å². The molecule has 0 saturated carbocycles. The van der Waals surface area contributed by atoms with Crippen molar-refractivity contribution in [2.75, 3.05) is 6.61 Å². The zero-order valence-electron chi connectivity index (χ0n) is 20.4. The van der Waals surface area contributed by atoms with Gasteiger partial charge in [0.05, 0.1) is 18.4 Å². The molecule has 3 aliphatic rings. The fourth-order valence-corrected chi connectivity index (χ4v) is 2.49. The van der Waals surface area contributed by atoms with Crippen LogP contribution in [0.15, 0.2) is 35.4 Å². The van der Waals surface area contributed by atoms with Crippen LogP contribution in [0.2, 0.25) is 0 Å². The fourth-order valence-electron chi connectivity index (χ4n) is 2.49. The van der Waals surface area contributed by atoms with Gasteiger partial charge in [0, 0.05) is 41.5 Å². The highest BCUT2D eigenvalue weighted by atomic mass is 19.2. The third-order valence-electron chi connectivity index (χ3n) is 4.75. The van der Waals surface area contributed by atoms with Crippen molar-refractivity contribution in [3.05, 3.63) is 35.4 Å². The molecule has 1 saturated heterocycles. The minimum absolute atomic E-state index is 0.0261. The Morgan fingerprint density at radius 2 is 1.18 bits per heavy atom. The van der Waals surface area contributed by atoms with Gasteiger partial charge in [-0.05, 0) is 26.8 Å². The molecule has 0 aliphatic carbocycles. The highest BCUT2D eigenvalue weighted by Crippen LogP contribution is 2.42. The summed E-state index contributed by atoms with van der Waals surface area (Å²) in [4.78, 5) is 0. The lowest BCUT2D eigenvalue weighted by Gasteiger charge is -2.31. The number of rotatable bonds is 0. The quantitative estimate of drug-likeness (QED) is 0.304. The van der Waals surface area contributed by atoms with Gasteiger partial charge in [-0.15, -0.1) is 6.42 Å². The lowest BCUT2D eigenvalue weighted by molar-refractivity contribution is -0.287. The predicted octanol–water partition coefficient (Wildman–Crippen LogP) is 6.21. The Balaban J connectivity index is 0.000000250. The molecule has 33 heavy (non-hydrogen) atoms. The van der Waals surface area contributed by atoms with Crippen LogP contribution < -0.4 is 0 Å². The van der Waals surface area contributed by atoms with Crippen molar-refractivity contribution >= 4 is 0 Å². The van der Waals surface area contributed by atoms with E-state index in [0.717, 1.165) is 45.3 Å². The SMILES string of the molecule is C#CC=C1OC(C)(F)C(C)(F)O1.CC1=C(C)OC(C)(C)O1.CC1=CCOC(C)(F)C(C)(F)O1. The molecule has 0 amide bonds. The minimum Gasteiger partial charge on any atom is -0.458 e. The van der Waals surface area contributed by atoms with E-state index in [1.807, 2.05) is 33.6 Å². The molecule has 0 spiro atoms. The lowest BCUT2D eigenvalue weighted by atomic mass is 10.2. The molecule has 3 heterocycles. The average molecular weight is 480 g/mol. The Hall–Kier alpha value is -2.54. The first-order valence-electron chi connectivity index (χ1n) is 10.1. The van der Waals surface area contributed by atoms with Crippen molar-refractivity contribution in [3.8, 4) is 12.3 Å². The van der Waals surface area contributed by atoms with Crippen LogP contribution in [0.25, 0.3) is 0 Å². The van der Waals surface area contributed by atoms with Crippen molar-refractivity contribution in [1.82, 2.24) is 0 Å². The molecule has 4 atom stereocenters. The zero-order valence-corrected chi connectivity index (χ0v) is 20.4. The monoisotopic (exact) mass is 480 g/mol. The molecule has 0 aromatic carbocycles.